The Bertz CT molecular complexity index is 645. The minimum absolute atomic E-state index is 3.00. The highest BCUT2D eigenvalue weighted by Gasteiger charge is 2.43. The van der Waals surface area contributed by atoms with Gasteiger partial charge in [-0.15, -0.1) is 0 Å². The van der Waals surface area contributed by atoms with Gasteiger partial charge in [-0.1, -0.05) is 0 Å². The molecule has 12 nitrogen and oxygen atoms in total. The van der Waals surface area contributed by atoms with Gasteiger partial charge in [0, 0.05) is 0 Å². The molecule has 0 aliphatic heterocycles. The molecular formula is C2H4O12S4. The summed E-state index contributed by atoms with van der Waals surface area (Å²) >= 11 is 0. The molecule has 0 saturated carbocycles. The Kier molecular flexibility index (Phi) is 4.33. The first-order chi connectivity index (χ1) is 7.49. The number of hydrogen-bond donors (Lipinski definition) is 4. The van der Waals surface area contributed by atoms with E-state index in [1.54, 1.807) is 0 Å². The largest absolute Gasteiger partial charge is 0.310 e. The van der Waals surface area contributed by atoms with E-state index >= 15 is 0 Å². The Balaban J connectivity index is 7.35. The summed E-state index contributed by atoms with van der Waals surface area (Å²) in [5.41, 5.74) is 0. The van der Waals surface area contributed by atoms with Crippen LogP contribution in [0.4, 0.5) is 0 Å². The smallest absolute Gasteiger partial charge is 0.281 e. The summed E-state index contributed by atoms with van der Waals surface area (Å²) in [5.74, 6) is 0. The molecule has 0 radical (unpaired) electrons. The first kappa shape index (κ1) is 17.4. The van der Waals surface area contributed by atoms with Crippen LogP contribution in [0.3, 0.4) is 0 Å². The Morgan fingerprint density at radius 1 is 0.444 bits per heavy atom. The molecule has 0 aliphatic carbocycles. The van der Waals surface area contributed by atoms with E-state index in [1.165, 1.54) is 0 Å². The van der Waals surface area contributed by atoms with Crippen molar-refractivity contribution in [2.24, 2.45) is 0 Å². The van der Waals surface area contributed by atoms with Gasteiger partial charge in [0.15, 0.2) is 0 Å². The van der Waals surface area contributed by atoms with E-state index < -0.39 is 48.9 Å². The van der Waals surface area contributed by atoms with Gasteiger partial charge in [0.25, 0.3) is 0 Å². The maximum atomic E-state index is 10.5. The maximum absolute atomic E-state index is 10.5. The molecule has 108 valence electrons. The lowest BCUT2D eigenvalue weighted by Crippen LogP contribution is -2.23. The Hall–Kier alpha value is -0.620. The Morgan fingerprint density at radius 2 is 0.556 bits per heavy atom. The molecule has 0 amide bonds. The van der Waals surface area contributed by atoms with Crippen LogP contribution in [-0.4, -0.2) is 51.9 Å². The molecule has 18 heavy (non-hydrogen) atoms. The second-order valence-corrected chi connectivity index (χ2v) is 8.43. The molecular weight excluding hydrogens is 344 g/mol. The monoisotopic (exact) mass is 348 g/mol. The van der Waals surface area contributed by atoms with Gasteiger partial charge < -0.3 is 0 Å². The molecule has 0 atom stereocenters. The normalized spacial score (nSPS) is 14.2. The summed E-state index contributed by atoms with van der Waals surface area (Å²) in [6.07, 6.45) is 0. The zero-order valence-electron chi connectivity index (χ0n) is 7.69. The first-order valence-corrected chi connectivity index (χ1v) is 8.89. The van der Waals surface area contributed by atoms with Crippen LogP contribution >= 0.6 is 0 Å². The minimum atomic E-state index is -6.12. The molecule has 0 saturated heterocycles. The Labute approximate surface area is 101 Å². The van der Waals surface area contributed by atoms with Crippen LogP contribution in [0.25, 0.3) is 0 Å². The van der Waals surface area contributed by atoms with Gasteiger partial charge in [0.05, 0.1) is 0 Å². The van der Waals surface area contributed by atoms with Crippen LogP contribution in [0, 0.1) is 0 Å². The second-order valence-electron chi connectivity index (χ2n) is 2.48. The molecule has 0 aromatic carbocycles. The molecule has 0 unspecified atom stereocenters. The molecule has 0 aromatic heterocycles. The van der Waals surface area contributed by atoms with Gasteiger partial charge in [-0.3, -0.25) is 18.2 Å². The molecule has 16 heteroatoms. The van der Waals surface area contributed by atoms with Crippen molar-refractivity contribution >= 4 is 40.5 Å². The molecule has 0 fully saturated rings. The lowest BCUT2D eigenvalue weighted by atomic mass is 11.2. The third-order valence-corrected chi connectivity index (χ3v) is 6.84. The predicted octanol–water partition coefficient (Wildman–Crippen LogP) is -2.34. The van der Waals surface area contributed by atoms with Gasteiger partial charge in [-0.2, -0.15) is 33.7 Å². The average molecular weight is 348 g/mol. The molecule has 0 heterocycles. The Morgan fingerprint density at radius 3 is 0.611 bits per heavy atom. The van der Waals surface area contributed by atoms with E-state index in [2.05, 4.69) is 0 Å². The van der Waals surface area contributed by atoms with Crippen LogP contribution in [0.2, 0.25) is 0 Å². The van der Waals surface area contributed by atoms with Crippen LogP contribution in [0.15, 0.2) is 8.47 Å². The summed E-state index contributed by atoms with van der Waals surface area (Å²) in [6, 6.07) is 0. The number of rotatable bonds is 4. The second kappa shape index (κ2) is 4.49. The highest BCUT2D eigenvalue weighted by Crippen LogP contribution is 2.25. The van der Waals surface area contributed by atoms with E-state index in [4.69, 9.17) is 18.2 Å². The number of hydrogen-bond acceptors (Lipinski definition) is 8. The predicted molar refractivity (Wildman–Crippen MR) is 53.2 cm³/mol. The molecule has 0 aliphatic rings. The molecule has 0 rings (SSSR count). The van der Waals surface area contributed by atoms with Crippen molar-refractivity contribution in [1.29, 1.82) is 0 Å². The van der Waals surface area contributed by atoms with Gasteiger partial charge in [0.1, 0.15) is 0 Å². The van der Waals surface area contributed by atoms with Crippen molar-refractivity contribution < 1.29 is 51.9 Å². The summed E-state index contributed by atoms with van der Waals surface area (Å²) in [5, 5.41) is 0. The van der Waals surface area contributed by atoms with Crippen molar-refractivity contribution in [2.45, 2.75) is 0 Å². The van der Waals surface area contributed by atoms with Crippen molar-refractivity contribution in [3.63, 3.8) is 0 Å². The quantitative estimate of drug-likeness (QED) is 0.393. The first-order valence-electron chi connectivity index (χ1n) is 3.13. The third-order valence-electron chi connectivity index (χ3n) is 1.10. The SMILES string of the molecule is O=S(=O)(O)C(=C(S(=O)(=O)O)S(=O)(=O)O)S(=O)(=O)O. The van der Waals surface area contributed by atoms with Crippen LogP contribution in [0.5, 0.6) is 0 Å². The summed E-state index contributed by atoms with van der Waals surface area (Å²) in [7, 11) is -24.5. The zero-order chi connectivity index (χ0) is 15.2. The van der Waals surface area contributed by atoms with Crippen molar-refractivity contribution in [3.05, 3.63) is 8.47 Å². The molecule has 0 aromatic rings. The minimum Gasteiger partial charge on any atom is -0.281 e. The van der Waals surface area contributed by atoms with E-state index in [1.807, 2.05) is 0 Å². The highest BCUT2D eigenvalue weighted by atomic mass is 32.3. The van der Waals surface area contributed by atoms with E-state index in [0.717, 1.165) is 0 Å². The fraction of sp³-hybridized carbons (Fsp3) is 0. The van der Waals surface area contributed by atoms with Crippen molar-refractivity contribution in [2.75, 3.05) is 0 Å². The average Bonchev–Trinajstić information content (AvgIpc) is 1.89. The fourth-order valence-electron chi connectivity index (χ4n) is 0.687. The summed E-state index contributed by atoms with van der Waals surface area (Å²) in [4.78, 5) is 0. The van der Waals surface area contributed by atoms with Gasteiger partial charge >= 0.3 is 40.5 Å². The molecule has 4 N–H and O–H groups in total. The molecule has 0 spiro atoms. The van der Waals surface area contributed by atoms with E-state index in [-0.39, 0.29) is 0 Å². The fourth-order valence-corrected chi connectivity index (χ4v) is 6.19. The van der Waals surface area contributed by atoms with Crippen LogP contribution in [-0.2, 0) is 40.5 Å². The highest BCUT2D eigenvalue weighted by molar-refractivity contribution is 8.15. The van der Waals surface area contributed by atoms with Crippen LogP contribution in [0.1, 0.15) is 0 Å². The van der Waals surface area contributed by atoms with Crippen molar-refractivity contribution in [3.8, 4) is 0 Å². The van der Waals surface area contributed by atoms with E-state index in [0.29, 0.717) is 0 Å². The standard InChI is InChI=1S/C2H4O12S4/c3-15(4,5)1(16(6,7)8)2(17(9,10)11)18(12,13)14/h(H,3,4,5)(H,6,7,8)(H,9,10,11)(H,12,13,14). The topological polar surface area (TPSA) is 217 Å². The van der Waals surface area contributed by atoms with E-state index in [9.17, 15) is 33.7 Å². The lowest BCUT2D eigenvalue weighted by molar-refractivity contribution is 0.468. The lowest BCUT2D eigenvalue weighted by Gasteiger charge is -2.05. The zero-order valence-corrected chi connectivity index (χ0v) is 11.0. The van der Waals surface area contributed by atoms with Gasteiger partial charge in [0.2, 0.25) is 8.47 Å². The van der Waals surface area contributed by atoms with Gasteiger partial charge in [-0.05, 0) is 0 Å². The summed E-state index contributed by atoms with van der Waals surface area (Å²) in [6.45, 7) is 0. The van der Waals surface area contributed by atoms with Crippen molar-refractivity contribution in [1.82, 2.24) is 0 Å². The summed E-state index contributed by atoms with van der Waals surface area (Å²) < 4.78 is 111. The van der Waals surface area contributed by atoms with Crippen LogP contribution < -0.4 is 0 Å². The maximum Gasteiger partial charge on any atom is 0.310 e. The third kappa shape index (κ3) is 4.24. The van der Waals surface area contributed by atoms with Gasteiger partial charge in [-0.25, -0.2) is 0 Å². The molecule has 0 bridgehead atoms.